The first-order valence-electron chi connectivity index (χ1n) is 6.43. The van der Waals surface area contributed by atoms with E-state index in [-0.39, 0.29) is 0 Å². The minimum absolute atomic E-state index is 0.863. The molecule has 0 radical (unpaired) electrons. The average Bonchev–Trinajstić information content (AvgIpc) is 3.19. The highest BCUT2D eigenvalue weighted by molar-refractivity contribution is 7.13. The molecule has 4 aromatic rings. The number of thiophene rings is 2. The predicted molar refractivity (Wildman–Crippen MR) is 86.5 cm³/mol. The van der Waals surface area contributed by atoms with Gasteiger partial charge in [0.1, 0.15) is 5.82 Å². The van der Waals surface area contributed by atoms with Gasteiger partial charge in [-0.3, -0.25) is 0 Å². The molecule has 0 aliphatic heterocycles. The number of hydrogen-bond donors (Lipinski definition) is 1. The van der Waals surface area contributed by atoms with Gasteiger partial charge in [-0.15, -0.1) is 11.3 Å². The lowest BCUT2D eigenvalue weighted by Gasteiger charge is -1.98. The van der Waals surface area contributed by atoms with Crippen LogP contribution in [0.2, 0.25) is 0 Å². The minimum Gasteiger partial charge on any atom is -0.341 e. The summed E-state index contributed by atoms with van der Waals surface area (Å²) in [7, 11) is 0. The first kappa shape index (κ1) is 11.9. The standard InChI is InChI=1S/C16H12N2S2/c1-3-12(14-5-2-7-20-14)16-13(4-1)17-15(18-16)9-11-6-8-19-10-11/h1-8,10H,9H2,(H,17,18). The van der Waals surface area contributed by atoms with Crippen LogP contribution in [0.1, 0.15) is 11.4 Å². The van der Waals surface area contributed by atoms with E-state index in [1.54, 1.807) is 22.7 Å². The fraction of sp³-hybridized carbons (Fsp3) is 0.0625. The van der Waals surface area contributed by atoms with E-state index in [0.717, 1.165) is 23.3 Å². The van der Waals surface area contributed by atoms with Crippen LogP contribution >= 0.6 is 22.7 Å². The Morgan fingerprint density at radius 3 is 2.85 bits per heavy atom. The molecular formula is C16H12N2S2. The molecule has 2 nitrogen and oxygen atoms in total. The number of H-pyrrole nitrogens is 1. The Balaban J connectivity index is 1.81. The molecule has 0 fully saturated rings. The van der Waals surface area contributed by atoms with Crippen molar-refractivity contribution in [2.24, 2.45) is 0 Å². The summed E-state index contributed by atoms with van der Waals surface area (Å²) in [6.07, 6.45) is 0.863. The average molecular weight is 296 g/mol. The first-order valence-corrected chi connectivity index (χ1v) is 8.25. The molecule has 0 aliphatic rings. The monoisotopic (exact) mass is 296 g/mol. The lowest BCUT2D eigenvalue weighted by Crippen LogP contribution is -1.87. The third-order valence-electron chi connectivity index (χ3n) is 3.31. The highest BCUT2D eigenvalue weighted by atomic mass is 32.1. The Hall–Kier alpha value is -1.91. The summed E-state index contributed by atoms with van der Waals surface area (Å²) < 4.78 is 0. The number of imidazole rings is 1. The summed E-state index contributed by atoms with van der Waals surface area (Å²) in [4.78, 5) is 9.48. The van der Waals surface area contributed by atoms with Crippen LogP contribution in [0.5, 0.6) is 0 Å². The van der Waals surface area contributed by atoms with E-state index in [9.17, 15) is 0 Å². The van der Waals surface area contributed by atoms with Crippen molar-refractivity contribution in [3.8, 4) is 10.4 Å². The fourth-order valence-corrected chi connectivity index (χ4v) is 3.82. The Bertz CT molecular complexity index is 827. The third kappa shape index (κ3) is 2.07. The molecule has 0 spiro atoms. The topological polar surface area (TPSA) is 28.7 Å². The lowest BCUT2D eigenvalue weighted by molar-refractivity contribution is 1.04. The molecule has 98 valence electrons. The maximum atomic E-state index is 4.71. The maximum Gasteiger partial charge on any atom is 0.111 e. The summed E-state index contributed by atoms with van der Waals surface area (Å²) in [5.41, 5.74) is 4.73. The molecule has 0 bridgehead atoms. The SMILES string of the molecule is c1csc(-c2cccc3nc(Cc4ccsc4)[nH]c23)c1. The predicted octanol–water partition coefficient (Wildman–Crippen LogP) is 4.94. The van der Waals surface area contributed by atoms with Gasteiger partial charge in [0.25, 0.3) is 0 Å². The quantitative estimate of drug-likeness (QED) is 0.569. The van der Waals surface area contributed by atoms with Crippen molar-refractivity contribution in [2.45, 2.75) is 6.42 Å². The second-order valence-corrected chi connectivity index (χ2v) is 6.40. The van der Waals surface area contributed by atoms with E-state index in [1.807, 2.05) is 0 Å². The van der Waals surface area contributed by atoms with Crippen molar-refractivity contribution < 1.29 is 0 Å². The van der Waals surface area contributed by atoms with Gasteiger partial charge in [-0.2, -0.15) is 11.3 Å². The van der Waals surface area contributed by atoms with Gasteiger partial charge in [-0.1, -0.05) is 18.2 Å². The van der Waals surface area contributed by atoms with Gasteiger partial charge in [0.05, 0.1) is 11.0 Å². The van der Waals surface area contributed by atoms with Crippen LogP contribution in [0.3, 0.4) is 0 Å². The van der Waals surface area contributed by atoms with Crippen LogP contribution in [0, 0.1) is 0 Å². The van der Waals surface area contributed by atoms with Crippen LogP contribution in [0.4, 0.5) is 0 Å². The molecule has 0 aliphatic carbocycles. The molecule has 20 heavy (non-hydrogen) atoms. The number of benzene rings is 1. The Morgan fingerprint density at radius 2 is 2.05 bits per heavy atom. The Morgan fingerprint density at radius 1 is 1.05 bits per heavy atom. The number of fused-ring (bicyclic) bond motifs is 1. The van der Waals surface area contributed by atoms with Gasteiger partial charge in [-0.05, 0) is 39.9 Å². The smallest absolute Gasteiger partial charge is 0.111 e. The van der Waals surface area contributed by atoms with Gasteiger partial charge in [-0.25, -0.2) is 4.98 Å². The number of aromatic nitrogens is 2. The van der Waals surface area contributed by atoms with Crippen molar-refractivity contribution in [1.82, 2.24) is 9.97 Å². The summed E-state index contributed by atoms with van der Waals surface area (Å²) in [6.45, 7) is 0. The highest BCUT2D eigenvalue weighted by Crippen LogP contribution is 2.30. The van der Waals surface area contributed by atoms with Crippen molar-refractivity contribution in [3.63, 3.8) is 0 Å². The van der Waals surface area contributed by atoms with Gasteiger partial charge in [0.15, 0.2) is 0 Å². The van der Waals surface area contributed by atoms with Gasteiger partial charge in [0, 0.05) is 16.9 Å². The van der Waals surface area contributed by atoms with Crippen LogP contribution in [-0.4, -0.2) is 9.97 Å². The summed E-state index contributed by atoms with van der Waals surface area (Å²) >= 11 is 3.49. The first-order chi connectivity index (χ1) is 9.90. The molecular weight excluding hydrogens is 284 g/mol. The van der Waals surface area contributed by atoms with Crippen molar-refractivity contribution in [2.75, 3.05) is 0 Å². The van der Waals surface area contributed by atoms with E-state index < -0.39 is 0 Å². The van der Waals surface area contributed by atoms with Crippen LogP contribution in [0.25, 0.3) is 21.5 Å². The van der Waals surface area contributed by atoms with Gasteiger partial charge >= 0.3 is 0 Å². The Kier molecular flexibility index (Phi) is 2.90. The molecule has 1 N–H and O–H groups in total. The number of nitrogens with one attached hydrogen (secondary N) is 1. The molecule has 0 atom stereocenters. The van der Waals surface area contributed by atoms with Crippen molar-refractivity contribution in [3.05, 3.63) is 63.9 Å². The zero-order valence-electron chi connectivity index (χ0n) is 10.7. The van der Waals surface area contributed by atoms with Crippen molar-refractivity contribution >= 4 is 33.7 Å². The molecule has 3 aromatic heterocycles. The highest BCUT2D eigenvalue weighted by Gasteiger charge is 2.09. The van der Waals surface area contributed by atoms with Crippen LogP contribution < -0.4 is 0 Å². The largest absolute Gasteiger partial charge is 0.341 e. The number of aromatic amines is 1. The number of rotatable bonds is 3. The second-order valence-electron chi connectivity index (χ2n) is 4.67. The van der Waals surface area contributed by atoms with Crippen LogP contribution in [-0.2, 0) is 6.42 Å². The third-order valence-corrected chi connectivity index (χ3v) is 4.94. The minimum atomic E-state index is 0.863. The summed E-state index contributed by atoms with van der Waals surface area (Å²) in [5.74, 6) is 1.03. The number of para-hydroxylation sites is 1. The molecule has 0 saturated carbocycles. The van der Waals surface area contributed by atoms with E-state index in [1.165, 1.54) is 16.0 Å². The van der Waals surface area contributed by atoms with E-state index in [2.05, 4.69) is 57.5 Å². The Labute approximate surface area is 124 Å². The van der Waals surface area contributed by atoms with Crippen molar-refractivity contribution in [1.29, 1.82) is 0 Å². The number of hydrogen-bond acceptors (Lipinski definition) is 3. The molecule has 0 amide bonds. The molecule has 4 rings (SSSR count). The second kappa shape index (κ2) is 4.89. The van der Waals surface area contributed by atoms with E-state index in [0.29, 0.717) is 0 Å². The summed E-state index contributed by atoms with van der Waals surface area (Å²) in [6, 6.07) is 12.7. The molecule has 3 heterocycles. The lowest BCUT2D eigenvalue weighted by atomic mass is 10.1. The van der Waals surface area contributed by atoms with E-state index in [4.69, 9.17) is 4.98 Å². The molecule has 4 heteroatoms. The molecule has 0 unspecified atom stereocenters. The maximum absolute atomic E-state index is 4.71. The van der Waals surface area contributed by atoms with Crippen LogP contribution in [0.15, 0.2) is 52.5 Å². The zero-order valence-corrected chi connectivity index (χ0v) is 12.3. The van der Waals surface area contributed by atoms with E-state index >= 15 is 0 Å². The van der Waals surface area contributed by atoms with Gasteiger partial charge < -0.3 is 4.98 Å². The molecule has 1 aromatic carbocycles. The summed E-state index contributed by atoms with van der Waals surface area (Å²) in [5, 5.41) is 6.39. The van der Waals surface area contributed by atoms with Gasteiger partial charge in [0.2, 0.25) is 0 Å². The normalized spacial score (nSPS) is 11.2. The number of nitrogens with zero attached hydrogens (tertiary/aromatic N) is 1. The zero-order chi connectivity index (χ0) is 13.4. The fourth-order valence-electron chi connectivity index (χ4n) is 2.39. The molecule has 0 saturated heterocycles.